The Hall–Kier alpha value is -0.0100. The van der Waals surface area contributed by atoms with Crippen molar-refractivity contribution in [1.82, 2.24) is 0 Å². The van der Waals surface area contributed by atoms with Crippen LogP contribution in [0.25, 0.3) is 0 Å². The summed E-state index contributed by atoms with van der Waals surface area (Å²) in [5.74, 6) is 0.605. The third-order valence-electron chi connectivity index (χ3n) is 1.37. The van der Waals surface area contributed by atoms with Crippen LogP contribution in [-0.4, -0.2) is 18.6 Å². The number of hydrogen-bond acceptors (Lipinski definition) is 1. The standard InChI is InChI=1S/C9H17ClO/c1-8(2)11-7-5-9(3)4-6-10/h4,8H,5-7H2,1-3H3. The van der Waals surface area contributed by atoms with Crippen molar-refractivity contribution < 1.29 is 4.74 Å². The summed E-state index contributed by atoms with van der Waals surface area (Å²) in [6.45, 7) is 6.96. The van der Waals surface area contributed by atoms with Gasteiger partial charge in [-0.1, -0.05) is 11.6 Å². The Morgan fingerprint density at radius 1 is 1.55 bits per heavy atom. The predicted molar refractivity (Wildman–Crippen MR) is 50.2 cm³/mol. The van der Waals surface area contributed by atoms with Gasteiger partial charge in [0.2, 0.25) is 0 Å². The van der Waals surface area contributed by atoms with Gasteiger partial charge in [-0.3, -0.25) is 0 Å². The van der Waals surface area contributed by atoms with Crippen LogP contribution >= 0.6 is 11.6 Å². The highest BCUT2D eigenvalue weighted by atomic mass is 35.5. The van der Waals surface area contributed by atoms with E-state index in [4.69, 9.17) is 16.3 Å². The summed E-state index contributed by atoms with van der Waals surface area (Å²) in [7, 11) is 0. The lowest BCUT2D eigenvalue weighted by atomic mass is 10.2. The van der Waals surface area contributed by atoms with Crippen LogP contribution in [0, 0.1) is 0 Å². The molecule has 0 spiro atoms. The minimum Gasteiger partial charge on any atom is -0.378 e. The Bertz CT molecular complexity index is 119. The molecule has 66 valence electrons. The monoisotopic (exact) mass is 176 g/mol. The maximum absolute atomic E-state index is 5.52. The Labute approximate surface area is 74.4 Å². The Morgan fingerprint density at radius 2 is 2.18 bits per heavy atom. The summed E-state index contributed by atoms with van der Waals surface area (Å²) in [4.78, 5) is 0. The highest BCUT2D eigenvalue weighted by Gasteiger charge is 1.93. The first-order valence-electron chi connectivity index (χ1n) is 4.00. The normalized spacial score (nSPS) is 12.6. The van der Waals surface area contributed by atoms with E-state index in [1.165, 1.54) is 5.57 Å². The predicted octanol–water partition coefficient (Wildman–Crippen LogP) is 2.99. The van der Waals surface area contributed by atoms with Gasteiger partial charge in [0.15, 0.2) is 0 Å². The second-order valence-corrected chi connectivity index (χ2v) is 3.18. The molecule has 1 nitrogen and oxygen atoms in total. The first-order chi connectivity index (χ1) is 5.16. The van der Waals surface area contributed by atoms with Gasteiger partial charge < -0.3 is 4.74 Å². The third kappa shape index (κ3) is 7.89. The molecule has 2 heteroatoms. The lowest BCUT2D eigenvalue weighted by Gasteiger charge is -2.06. The van der Waals surface area contributed by atoms with Crippen molar-refractivity contribution in [3.63, 3.8) is 0 Å². The van der Waals surface area contributed by atoms with Crippen molar-refractivity contribution in [3.05, 3.63) is 11.6 Å². The number of allylic oxidation sites excluding steroid dienone is 1. The molecule has 0 N–H and O–H groups in total. The van der Waals surface area contributed by atoms with E-state index in [-0.39, 0.29) is 0 Å². The summed E-state index contributed by atoms with van der Waals surface area (Å²) in [5.41, 5.74) is 1.31. The molecular weight excluding hydrogens is 160 g/mol. The fourth-order valence-electron chi connectivity index (χ4n) is 0.689. The maximum atomic E-state index is 5.52. The zero-order chi connectivity index (χ0) is 8.69. The second-order valence-electron chi connectivity index (χ2n) is 2.87. The average molecular weight is 177 g/mol. The lowest BCUT2D eigenvalue weighted by molar-refractivity contribution is 0.0813. The van der Waals surface area contributed by atoms with Gasteiger partial charge in [-0.15, -0.1) is 11.6 Å². The van der Waals surface area contributed by atoms with E-state index in [2.05, 4.69) is 6.92 Å². The third-order valence-corrected chi connectivity index (χ3v) is 1.53. The topological polar surface area (TPSA) is 9.23 Å². The second kappa shape index (κ2) is 6.68. The summed E-state index contributed by atoms with van der Waals surface area (Å²) >= 11 is 5.52. The Kier molecular flexibility index (Phi) is 6.68. The summed E-state index contributed by atoms with van der Waals surface area (Å²) in [5, 5.41) is 0. The van der Waals surface area contributed by atoms with Crippen molar-refractivity contribution >= 4 is 11.6 Å². The molecule has 11 heavy (non-hydrogen) atoms. The molecule has 0 saturated heterocycles. The van der Waals surface area contributed by atoms with Crippen molar-refractivity contribution in [2.24, 2.45) is 0 Å². The molecule has 0 saturated carbocycles. The average Bonchev–Trinajstić information content (AvgIpc) is 1.87. The van der Waals surface area contributed by atoms with Crippen LogP contribution in [0.3, 0.4) is 0 Å². The van der Waals surface area contributed by atoms with Crippen LogP contribution in [0.4, 0.5) is 0 Å². The van der Waals surface area contributed by atoms with E-state index in [1.54, 1.807) is 0 Å². The molecule has 0 radical (unpaired) electrons. The van der Waals surface area contributed by atoms with E-state index in [1.807, 2.05) is 19.9 Å². The molecule has 0 aliphatic heterocycles. The number of halogens is 1. The molecule has 0 unspecified atom stereocenters. The fraction of sp³-hybridized carbons (Fsp3) is 0.778. The molecule has 0 aliphatic rings. The molecule has 0 bridgehead atoms. The van der Waals surface area contributed by atoms with E-state index < -0.39 is 0 Å². The van der Waals surface area contributed by atoms with Gasteiger partial charge in [0.1, 0.15) is 0 Å². The number of hydrogen-bond donors (Lipinski definition) is 0. The quantitative estimate of drug-likeness (QED) is 0.462. The van der Waals surface area contributed by atoms with Crippen LogP contribution in [0.5, 0.6) is 0 Å². The summed E-state index contributed by atoms with van der Waals surface area (Å²) in [6.07, 6.45) is 3.34. The molecule has 0 fully saturated rings. The minimum atomic E-state index is 0.332. The summed E-state index contributed by atoms with van der Waals surface area (Å²) in [6, 6.07) is 0. The number of ether oxygens (including phenoxy) is 1. The van der Waals surface area contributed by atoms with Crippen LogP contribution in [0.15, 0.2) is 11.6 Å². The zero-order valence-corrected chi connectivity index (χ0v) is 8.32. The molecule has 0 aromatic heterocycles. The Morgan fingerprint density at radius 3 is 2.64 bits per heavy atom. The molecular formula is C9H17ClO. The van der Waals surface area contributed by atoms with Gasteiger partial charge >= 0.3 is 0 Å². The first-order valence-corrected chi connectivity index (χ1v) is 4.53. The minimum absolute atomic E-state index is 0.332. The van der Waals surface area contributed by atoms with Gasteiger partial charge in [0.25, 0.3) is 0 Å². The highest BCUT2D eigenvalue weighted by molar-refractivity contribution is 6.18. The molecule has 0 aliphatic carbocycles. The fourth-order valence-corrected chi connectivity index (χ4v) is 0.953. The van der Waals surface area contributed by atoms with E-state index in [0.29, 0.717) is 12.0 Å². The van der Waals surface area contributed by atoms with Gasteiger partial charge in [-0.05, 0) is 27.2 Å². The van der Waals surface area contributed by atoms with Gasteiger partial charge in [0, 0.05) is 5.88 Å². The smallest absolute Gasteiger partial charge is 0.0519 e. The molecule has 0 atom stereocenters. The molecule has 0 aromatic carbocycles. The van der Waals surface area contributed by atoms with Crippen molar-refractivity contribution in [2.45, 2.75) is 33.3 Å². The van der Waals surface area contributed by atoms with Crippen molar-refractivity contribution in [3.8, 4) is 0 Å². The first kappa shape index (κ1) is 11.0. The largest absolute Gasteiger partial charge is 0.378 e. The van der Waals surface area contributed by atoms with E-state index >= 15 is 0 Å². The lowest BCUT2D eigenvalue weighted by Crippen LogP contribution is -2.03. The number of rotatable bonds is 5. The van der Waals surface area contributed by atoms with Crippen LogP contribution < -0.4 is 0 Å². The van der Waals surface area contributed by atoms with Crippen LogP contribution in [-0.2, 0) is 4.74 Å². The summed E-state index contributed by atoms with van der Waals surface area (Å²) < 4.78 is 5.37. The van der Waals surface area contributed by atoms with Crippen LogP contribution in [0.2, 0.25) is 0 Å². The van der Waals surface area contributed by atoms with Crippen molar-refractivity contribution in [2.75, 3.05) is 12.5 Å². The molecule has 0 rings (SSSR count). The number of alkyl halides is 1. The van der Waals surface area contributed by atoms with Crippen molar-refractivity contribution in [1.29, 1.82) is 0 Å². The SMILES string of the molecule is CC(=CCCl)CCOC(C)C. The van der Waals surface area contributed by atoms with E-state index in [9.17, 15) is 0 Å². The molecule has 0 amide bonds. The van der Waals surface area contributed by atoms with E-state index in [0.717, 1.165) is 13.0 Å². The van der Waals surface area contributed by atoms with Crippen LogP contribution in [0.1, 0.15) is 27.2 Å². The van der Waals surface area contributed by atoms with Gasteiger partial charge in [-0.2, -0.15) is 0 Å². The zero-order valence-electron chi connectivity index (χ0n) is 7.56. The van der Waals surface area contributed by atoms with Gasteiger partial charge in [-0.25, -0.2) is 0 Å². The Balaban J connectivity index is 3.31. The molecule has 0 aromatic rings. The van der Waals surface area contributed by atoms with Gasteiger partial charge in [0.05, 0.1) is 12.7 Å². The highest BCUT2D eigenvalue weighted by Crippen LogP contribution is 2.01. The molecule has 0 heterocycles. The maximum Gasteiger partial charge on any atom is 0.0519 e.